The third kappa shape index (κ3) is 3.53. The van der Waals surface area contributed by atoms with E-state index in [9.17, 15) is 4.79 Å². The highest BCUT2D eigenvalue weighted by Crippen LogP contribution is 2.27. The Kier molecular flexibility index (Phi) is 4.70. The molecule has 0 aromatic carbocycles. The number of aryl methyl sites for hydroxylation is 1. The van der Waals surface area contributed by atoms with Gasteiger partial charge in [-0.3, -0.25) is 9.78 Å². The molecule has 4 nitrogen and oxygen atoms in total. The van der Waals surface area contributed by atoms with Crippen LogP contribution in [-0.4, -0.2) is 17.4 Å². The molecule has 1 aromatic rings. The Morgan fingerprint density at radius 2 is 2.39 bits per heavy atom. The molecule has 1 aliphatic rings. The molecule has 0 fully saturated rings. The normalized spacial score (nSPS) is 18.3. The first-order valence-electron chi connectivity index (χ1n) is 6.73. The summed E-state index contributed by atoms with van der Waals surface area (Å²) in [5, 5.41) is 3.54. The summed E-state index contributed by atoms with van der Waals surface area (Å²) in [6, 6.07) is 4.56. The van der Waals surface area contributed by atoms with E-state index in [4.69, 9.17) is 5.73 Å². The van der Waals surface area contributed by atoms with Gasteiger partial charge in [0.2, 0.25) is 5.91 Å². The van der Waals surface area contributed by atoms with E-state index in [0.29, 0.717) is 12.5 Å². The fourth-order valence-corrected chi connectivity index (χ4v) is 2.51. The monoisotopic (exact) mass is 247 g/mol. The lowest BCUT2D eigenvalue weighted by Crippen LogP contribution is -2.27. The van der Waals surface area contributed by atoms with Gasteiger partial charge >= 0.3 is 0 Å². The largest absolute Gasteiger partial charge is 0.370 e. The molecule has 2 rings (SSSR count). The quantitative estimate of drug-likeness (QED) is 0.752. The zero-order valence-electron chi connectivity index (χ0n) is 10.7. The fourth-order valence-electron chi connectivity index (χ4n) is 2.51. The van der Waals surface area contributed by atoms with Gasteiger partial charge in [0, 0.05) is 18.7 Å². The number of nitrogens with zero attached hydrogens (tertiary/aromatic N) is 1. The van der Waals surface area contributed by atoms with Crippen molar-refractivity contribution in [3.05, 3.63) is 29.6 Å². The molecule has 0 bridgehead atoms. The van der Waals surface area contributed by atoms with Crippen molar-refractivity contribution >= 4 is 5.91 Å². The summed E-state index contributed by atoms with van der Waals surface area (Å²) in [7, 11) is 0. The number of carbonyl (C=O) groups is 1. The molecule has 1 atom stereocenters. The first-order valence-corrected chi connectivity index (χ1v) is 6.73. The van der Waals surface area contributed by atoms with E-state index in [0.717, 1.165) is 32.2 Å². The van der Waals surface area contributed by atoms with Gasteiger partial charge in [0.25, 0.3) is 0 Å². The maximum atomic E-state index is 10.6. The first-order chi connectivity index (χ1) is 8.77. The smallest absolute Gasteiger partial charge is 0.217 e. The van der Waals surface area contributed by atoms with Crippen LogP contribution in [0.2, 0.25) is 0 Å². The Morgan fingerprint density at radius 3 is 3.22 bits per heavy atom. The molecule has 1 heterocycles. The zero-order chi connectivity index (χ0) is 12.8. The molecule has 0 saturated carbocycles. The van der Waals surface area contributed by atoms with E-state index < -0.39 is 0 Å². The van der Waals surface area contributed by atoms with Gasteiger partial charge < -0.3 is 11.1 Å². The van der Waals surface area contributed by atoms with Crippen LogP contribution in [0, 0.1) is 0 Å². The van der Waals surface area contributed by atoms with Crippen molar-refractivity contribution in [3.8, 4) is 0 Å². The van der Waals surface area contributed by atoms with Crippen LogP contribution >= 0.6 is 0 Å². The average molecular weight is 247 g/mol. The highest BCUT2D eigenvalue weighted by molar-refractivity contribution is 5.73. The molecule has 1 unspecified atom stereocenters. The number of carbonyl (C=O) groups excluding carboxylic acids is 1. The summed E-state index contributed by atoms with van der Waals surface area (Å²) in [5.74, 6) is -0.209. The summed E-state index contributed by atoms with van der Waals surface area (Å²) in [6.45, 7) is 0.925. The molecular formula is C14H21N3O. The van der Waals surface area contributed by atoms with Crippen molar-refractivity contribution in [2.24, 2.45) is 5.73 Å². The molecular weight excluding hydrogens is 226 g/mol. The predicted molar refractivity (Wildman–Crippen MR) is 71.0 cm³/mol. The van der Waals surface area contributed by atoms with Gasteiger partial charge in [-0.15, -0.1) is 0 Å². The Morgan fingerprint density at radius 1 is 1.50 bits per heavy atom. The van der Waals surface area contributed by atoms with E-state index in [1.807, 2.05) is 12.3 Å². The standard InChI is InChI=1S/C14H21N3O/c15-13(18)8-1-2-9-16-12-7-3-5-11-6-4-10-17-14(11)12/h4,6,10,12,16H,1-3,5,7-9H2,(H2,15,18). The topological polar surface area (TPSA) is 68.0 Å². The van der Waals surface area contributed by atoms with Crippen molar-refractivity contribution in [2.45, 2.75) is 44.6 Å². The summed E-state index contributed by atoms with van der Waals surface area (Å²) >= 11 is 0. The second-order valence-electron chi connectivity index (χ2n) is 4.87. The second-order valence-corrected chi connectivity index (χ2v) is 4.87. The molecule has 3 N–H and O–H groups in total. The maximum Gasteiger partial charge on any atom is 0.217 e. The number of nitrogens with one attached hydrogen (secondary N) is 1. The van der Waals surface area contributed by atoms with Crippen LogP contribution in [0.4, 0.5) is 0 Å². The molecule has 18 heavy (non-hydrogen) atoms. The molecule has 98 valence electrons. The van der Waals surface area contributed by atoms with Crippen LogP contribution < -0.4 is 11.1 Å². The van der Waals surface area contributed by atoms with E-state index >= 15 is 0 Å². The van der Waals surface area contributed by atoms with Crippen LogP contribution in [0.5, 0.6) is 0 Å². The number of fused-ring (bicyclic) bond motifs is 1. The van der Waals surface area contributed by atoms with Gasteiger partial charge in [0.1, 0.15) is 0 Å². The fraction of sp³-hybridized carbons (Fsp3) is 0.571. The van der Waals surface area contributed by atoms with Crippen molar-refractivity contribution < 1.29 is 4.79 Å². The molecule has 0 radical (unpaired) electrons. The van der Waals surface area contributed by atoms with Crippen LogP contribution in [0.3, 0.4) is 0 Å². The Hall–Kier alpha value is -1.42. The number of unbranched alkanes of at least 4 members (excludes halogenated alkanes) is 1. The van der Waals surface area contributed by atoms with Gasteiger partial charge in [-0.05, 0) is 50.3 Å². The highest BCUT2D eigenvalue weighted by atomic mass is 16.1. The molecule has 1 amide bonds. The van der Waals surface area contributed by atoms with E-state index in [2.05, 4.69) is 16.4 Å². The van der Waals surface area contributed by atoms with Crippen molar-refractivity contribution in [3.63, 3.8) is 0 Å². The minimum atomic E-state index is -0.209. The molecule has 1 aromatic heterocycles. The molecule has 0 aliphatic heterocycles. The van der Waals surface area contributed by atoms with Gasteiger partial charge in [0.05, 0.1) is 5.69 Å². The van der Waals surface area contributed by atoms with Gasteiger partial charge in [0.15, 0.2) is 0 Å². The molecule has 0 saturated heterocycles. The highest BCUT2D eigenvalue weighted by Gasteiger charge is 2.20. The Bertz CT molecular complexity index is 406. The molecule has 4 heteroatoms. The lowest BCUT2D eigenvalue weighted by Gasteiger charge is -2.25. The molecule has 0 spiro atoms. The summed E-state index contributed by atoms with van der Waals surface area (Å²) in [5.41, 5.74) is 7.69. The van der Waals surface area contributed by atoms with Gasteiger partial charge in [-0.2, -0.15) is 0 Å². The summed E-state index contributed by atoms with van der Waals surface area (Å²) in [6.07, 6.45) is 7.72. The van der Waals surface area contributed by atoms with Crippen LogP contribution in [0.1, 0.15) is 49.4 Å². The predicted octanol–water partition coefficient (Wildman–Crippen LogP) is 1.70. The Balaban J connectivity index is 1.79. The van der Waals surface area contributed by atoms with Crippen LogP contribution in [-0.2, 0) is 11.2 Å². The van der Waals surface area contributed by atoms with Crippen molar-refractivity contribution in [2.75, 3.05) is 6.54 Å². The summed E-state index contributed by atoms with van der Waals surface area (Å²) in [4.78, 5) is 15.1. The summed E-state index contributed by atoms with van der Waals surface area (Å²) < 4.78 is 0. The number of pyridine rings is 1. The average Bonchev–Trinajstić information content (AvgIpc) is 2.38. The lowest BCUT2D eigenvalue weighted by atomic mass is 9.92. The van der Waals surface area contributed by atoms with Crippen LogP contribution in [0.25, 0.3) is 0 Å². The number of rotatable bonds is 6. The molecule has 1 aliphatic carbocycles. The first kappa shape index (κ1) is 13.0. The number of aromatic nitrogens is 1. The minimum Gasteiger partial charge on any atom is -0.370 e. The van der Waals surface area contributed by atoms with E-state index in [1.165, 1.54) is 17.7 Å². The second kappa shape index (κ2) is 6.50. The number of primary amides is 1. The maximum absolute atomic E-state index is 10.6. The third-order valence-electron chi connectivity index (χ3n) is 3.44. The SMILES string of the molecule is NC(=O)CCCCNC1CCCc2cccnc21. The third-order valence-corrected chi connectivity index (χ3v) is 3.44. The van der Waals surface area contributed by atoms with Gasteiger partial charge in [-0.25, -0.2) is 0 Å². The Labute approximate surface area is 108 Å². The lowest BCUT2D eigenvalue weighted by molar-refractivity contribution is -0.118. The minimum absolute atomic E-state index is 0.209. The van der Waals surface area contributed by atoms with Crippen molar-refractivity contribution in [1.82, 2.24) is 10.3 Å². The van der Waals surface area contributed by atoms with E-state index in [1.54, 1.807) is 0 Å². The zero-order valence-corrected chi connectivity index (χ0v) is 10.7. The van der Waals surface area contributed by atoms with Crippen molar-refractivity contribution in [1.29, 1.82) is 0 Å². The van der Waals surface area contributed by atoms with E-state index in [-0.39, 0.29) is 5.91 Å². The number of amides is 1. The van der Waals surface area contributed by atoms with Gasteiger partial charge in [-0.1, -0.05) is 6.07 Å². The number of nitrogens with two attached hydrogens (primary N) is 1. The van der Waals surface area contributed by atoms with Crippen LogP contribution in [0.15, 0.2) is 18.3 Å². The number of hydrogen-bond acceptors (Lipinski definition) is 3. The number of hydrogen-bond donors (Lipinski definition) is 2.